The second kappa shape index (κ2) is 4.91. The van der Waals surface area contributed by atoms with Gasteiger partial charge < -0.3 is 10.0 Å². The van der Waals surface area contributed by atoms with Gasteiger partial charge in [-0.1, -0.05) is 0 Å². The number of sulfonamides is 1. The highest BCUT2D eigenvalue weighted by Crippen LogP contribution is 2.10. The number of aliphatic hydroxyl groups excluding tert-OH is 1. The first-order valence-electron chi connectivity index (χ1n) is 4.79. The van der Waals surface area contributed by atoms with E-state index in [-0.39, 0.29) is 17.7 Å². The van der Waals surface area contributed by atoms with Gasteiger partial charge in [-0.3, -0.25) is 4.79 Å². The molecule has 6 nitrogen and oxygen atoms in total. The Labute approximate surface area is 89.3 Å². The van der Waals surface area contributed by atoms with Crippen molar-refractivity contribution in [3.63, 3.8) is 0 Å². The van der Waals surface area contributed by atoms with Gasteiger partial charge in [0.25, 0.3) is 0 Å². The topological polar surface area (TPSA) is 86.7 Å². The molecule has 0 aromatic rings. The number of carbonyl (C=O) groups is 1. The van der Waals surface area contributed by atoms with Crippen LogP contribution >= 0.6 is 0 Å². The first kappa shape index (κ1) is 12.4. The molecular weight excluding hydrogens is 220 g/mol. The van der Waals surface area contributed by atoms with Crippen molar-refractivity contribution in [3.05, 3.63) is 0 Å². The summed E-state index contributed by atoms with van der Waals surface area (Å²) in [5, 5.41) is 8.54. The fourth-order valence-electron chi connectivity index (χ4n) is 1.54. The third-order valence-corrected chi connectivity index (χ3v) is 3.75. The van der Waals surface area contributed by atoms with Crippen LogP contribution in [0.4, 0.5) is 0 Å². The number of rotatable bonds is 4. The molecular formula is C8H16N2O4S. The molecule has 1 saturated heterocycles. The summed E-state index contributed by atoms with van der Waals surface area (Å²) in [6, 6.07) is -0.232. The lowest BCUT2D eigenvalue weighted by molar-refractivity contribution is -0.132. The van der Waals surface area contributed by atoms with Crippen LogP contribution in [0.5, 0.6) is 0 Å². The minimum Gasteiger partial charge on any atom is -0.395 e. The van der Waals surface area contributed by atoms with Crippen molar-refractivity contribution in [2.45, 2.75) is 18.9 Å². The van der Waals surface area contributed by atoms with Gasteiger partial charge in [0.1, 0.15) is 0 Å². The van der Waals surface area contributed by atoms with E-state index in [0.717, 1.165) is 0 Å². The summed E-state index contributed by atoms with van der Waals surface area (Å²) >= 11 is 0. The van der Waals surface area contributed by atoms with Crippen molar-refractivity contribution >= 4 is 15.9 Å². The van der Waals surface area contributed by atoms with Crippen LogP contribution in [0.2, 0.25) is 0 Å². The Bertz CT molecular complexity index is 328. The van der Waals surface area contributed by atoms with E-state index >= 15 is 0 Å². The van der Waals surface area contributed by atoms with Crippen molar-refractivity contribution in [1.82, 2.24) is 9.62 Å². The Kier molecular flexibility index (Phi) is 4.06. The predicted molar refractivity (Wildman–Crippen MR) is 54.7 cm³/mol. The minimum atomic E-state index is -3.41. The third-order valence-electron chi connectivity index (χ3n) is 2.33. The van der Waals surface area contributed by atoms with Crippen LogP contribution in [0.3, 0.4) is 0 Å². The van der Waals surface area contributed by atoms with Crippen molar-refractivity contribution in [3.8, 4) is 0 Å². The first-order valence-corrected chi connectivity index (χ1v) is 6.44. The van der Waals surface area contributed by atoms with Gasteiger partial charge in [-0.2, -0.15) is 0 Å². The maximum absolute atomic E-state index is 11.3. The van der Waals surface area contributed by atoms with Crippen LogP contribution in [0.1, 0.15) is 12.8 Å². The molecule has 0 radical (unpaired) electrons. The molecule has 15 heavy (non-hydrogen) atoms. The van der Waals surface area contributed by atoms with Crippen LogP contribution in [-0.4, -0.2) is 56.3 Å². The van der Waals surface area contributed by atoms with Gasteiger partial charge in [0.05, 0.1) is 12.4 Å². The number of nitrogens with zero attached hydrogens (tertiary/aromatic N) is 1. The fraction of sp³-hybridized carbons (Fsp3) is 0.875. The second-order valence-corrected chi connectivity index (χ2v) is 5.54. The maximum atomic E-state index is 11.3. The van der Waals surface area contributed by atoms with Gasteiger partial charge >= 0.3 is 0 Å². The normalized spacial score (nSPS) is 23.2. The molecule has 1 aliphatic rings. The molecule has 0 bridgehead atoms. The summed E-state index contributed by atoms with van der Waals surface area (Å²) in [6.07, 6.45) is 0.886. The van der Waals surface area contributed by atoms with Crippen molar-refractivity contribution in [2.24, 2.45) is 0 Å². The predicted octanol–water partition coefficient (Wildman–Crippen LogP) is -1.48. The van der Waals surface area contributed by atoms with Crippen LogP contribution in [0, 0.1) is 0 Å². The third kappa shape index (κ3) is 3.77. The zero-order valence-corrected chi connectivity index (χ0v) is 9.46. The van der Waals surface area contributed by atoms with Crippen LogP contribution < -0.4 is 4.72 Å². The van der Waals surface area contributed by atoms with Gasteiger partial charge in [-0.15, -0.1) is 0 Å². The summed E-state index contributed by atoms with van der Waals surface area (Å²) < 4.78 is 25.1. The van der Waals surface area contributed by atoms with E-state index in [1.165, 1.54) is 4.90 Å². The molecule has 7 heteroatoms. The average Bonchev–Trinajstić information content (AvgIpc) is 2.10. The Balaban J connectivity index is 2.50. The lowest BCUT2D eigenvalue weighted by Gasteiger charge is -2.29. The minimum absolute atomic E-state index is 0.0348. The Morgan fingerprint density at radius 3 is 2.80 bits per heavy atom. The van der Waals surface area contributed by atoms with E-state index in [2.05, 4.69) is 4.72 Å². The zero-order chi connectivity index (χ0) is 11.5. The van der Waals surface area contributed by atoms with E-state index in [4.69, 9.17) is 5.11 Å². The van der Waals surface area contributed by atoms with Gasteiger partial charge in [-0.05, 0) is 6.42 Å². The number of likely N-dealkylation sites (N-methyl/N-ethyl adjacent to an activating group) is 1. The summed E-state index contributed by atoms with van der Waals surface area (Å²) in [6.45, 7) is 0.000313. The lowest BCUT2D eigenvalue weighted by Crippen LogP contribution is -2.49. The second-order valence-electron chi connectivity index (χ2n) is 3.67. The quantitative estimate of drug-likeness (QED) is 0.623. The molecule has 1 fully saturated rings. The van der Waals surface area contributed by atoms with Crippen molar-refractivity contribution in [2.75, 3.05) is 26.0 Å². The summed E-state index contributed by atoms with van der Waals surface area (Å²) in [5.74, 6) is -0.256. The lowest BCUT2D eigenvalue weighted by atomic mass is 10.1. The Morgan fingerprint density at radius 2 is 2.27 bits per heavy atom. The molecule has 1 unspecified atom stereocenters. The molecule has 0 aliphatic carbocycles. The monoisotopic (exact) mass is 236 g/mol. The number of carbonyl (C=O) groups excluding carboxylic acids is 1. The van der Waals surface area contributed by atoms with Gasteiger partial charge in [0, 0.05) is 26.1 Å². The SMILES string of the molecule is CN1CC(NS(=O)(=O)CCO)CCC1=O. The molecule has 0 aromatic heterocycles. The van der Waals surface area contributed by atoms with Crippen LogP contribution in [-0.2, 0) is 14.8 Å². The Morgan fingerprint density at radius 1 is 1.60 bits per heavy atom. The average molecular weight is 236 g/mol. The highest BCUT2D eigenvalue weighted by Gasteiger charge is 2.25. The number of nitrogens with one attached hydrogen (secondary N) is 1. The number of piperidine rings is 1. The van der Waals surface area contributed by atoms with E-state index in [0.29, 0.717) is 19.4 Å². The maximum Gasteiger partial charge on any atom is 0.222 e. The molecule has 2 N–H and O–H groups in total. The highest BCUT2D eigenvalue weighted by molar-refractivity contribution is 7.89. The summed E-state index contributed by atoms with van der Waals surface area (Å²) in [5.41, 5.74) is 0. The number of hydrogen-bond acceptors (Lipinski definition) is 4. The fourth-order valence-corrected chi connectivity index (χ4v) is 2.60. The molecule has 1 rings (SSSR count). The van der Waals surface area contributed by atoms with Gasteiger partial charge in [0.2, 0.25) is 15.9 Å². The highest BCUT2D eigenvalue weighted by atomic mass is 32.2. The van der Waals surface area contributed by atoms with Gasteiger partial charge in [-0.25, -0.2) is 13.1 Å². The molecule has 1 atom stereocenters. The van der Waals surface area contributed by atoms with Crippen LogP contribution in [0.15, 0.2) is 0 Å². The van der Waals surface area contributed by atoms with Crippen molar-refractivity contribution in [1.29, 1.82) is 0 Å². The van der Waals surface area contributed by atoms with Gasteiger partial charge in [0.15, 0.2) is 0 Å². The molecule has 1 amide bonds. The smallest absolute Gasteiger partial charge is 0.222 e. The number of amides is 1. The number of aliphatic hydroxyl groups is 1. The molecule has 0 saturated carbocycles. The van der Waals surface area contributed by atoms with E-state index < -0.39 is 16.6 Å². The zero-order valence-electron chi connectivity index (χ0n) is 8.64. The molecule has 88 valence electrons. The number of hydrogen-bond donors (Lipinski definition) is 2. The Hall–Kier alpha value is -0.660. The van der Waals surface area contributed by atoms with E-state index in [9.17, 15) is 13.2 Å². The number of likely N-dealkylation sites (tertiary alicyclic amines) is 1. The van der Waals surface area contributed by atoms with E-state index in [1.54, 1.807) is 7.05 Å². The van der Waals surface area contributed by atoms with E-state index in [1.807, 2.05) is 0 Å². The molecule has 1 aliphatic heterocycles. The van der Waals surface area contributed by atoms with Crippen molar-refractivity contribution < 1.29 is 18.3 Å². The first-order chi connectivity index (χ1) is 6.94. The summed E-state index contributed by atoms with van der Waals surface area (Å²) in [4.78, 5) is 12.6. The standard InChI is InChI=1S/C8H16N2O4S/c1-10-6-7(2-3-8(10)12)9-15(13,14)5-4-11/h7,9,11H,2-6H2,1H3. The molecule has 0 aromatic carbocycles. The largest absolute Gasteiger partial charge is 0.395 e. The molecule has 0 spiro atoms. The van der Waals surface area contributed by atoms with Crippen LogP contribution in [0.25, 0.3) is 0 Å². The molecule has 1 heterocycles. The summed E-state index contributed by atoms with van der Waals surface area (Å²) in [7, 11) is -1.76.